The summed E-state index contributed by atoms with van der Waals surface area (Å²) in [7, 11) is 0. The molecule has 5 nitrogen and oxygen atoms in total. The lowest BCUT2D eigenvalue weighted by Gasteiger charge is -2.34. The number of amides is 1. The lowest BCUT2D eigenvalue weighted by Crippen LogP contribution is -2.48. The lowest BCUT2D eigenvalue weighted by atomic mass is 10.1. The number of benzene rings is 1. The third-order valence-electron chi connectivity index (χ3n) is 4.16. The predicted octanol–water partition coefficient (Wildman–Crippen LogP) is 3.09. The zero-order valence-corrected chi connectivity index (χ0v) is 13.7. The summed E-state index contributed by atoms with van der Waals surface area (Å²) >= 11 is 0. The molecule has 1 aromatic carbocycles. The fourth-order valence-corrected chi connectivity index (χ4v) is 3.02. The van der Waals surface area contributed by atoms with Gasteiger partial charge in [0.25, 0.3) is 5.91 Å². The molecule has 1 saturated heterocycles. The van der Waals surface area contributed by atoms with Gasteiger partial charge in [0.2, 0.25) is 0 Å². The molecular weight excluding hydrogens is 292 g/mol. The van der Waals surface area contributed by atoms with Crippen molar-refractivity contribution < 1.29 is 13.9 Å². The number of ether oxygens (including phenoxy) is 1. The number of carbonyl (C=O) groups excluding carboxylic acids is 1. The van der Waals surface area contributed by atoms with Crippen molar-refractivity contribution in [3.63, 3.8) is 0 Å². The largest absolute Gasteiger partial charge is 0.451 e. The van der Waals surface area contributed by atoms with E-state index in [0.29, 0.717) is 30.3 Å². The smallest absolute Gasteiger partial charge is 0.289 e. The van der Waals surface area contributed by atoms with Crippen LogP contribution in [0.1, 0.15) is 30.0 Å². The number of hydrogen-bond donors (Lipinski definition) is 1. The number of morpholine rings is 1. The molecular formula is C18H22N2O3. The van der Waals surface area contributed by atoms with Gasteiger partial charge in [-0.3, -0.25) is 4.79 Å². The Labute approximate surface area is 136 Å². The Morgan fingerprint density at radius 1 is 1.17 bits per heavy atom. The van der Waals surface area contributed by atoms with Crippen LogP contribution in [0.5, 0.6) is 0 Å². The first-order chi connectivity index (χ1) is 11.0. The molecule has 0 aliphatic carbocycles. The van der Waals surface area contributed by atoms with Crippen LogP contribution in [-0.2, 0) is 4.74 Å². The molecule has 2 atom stereocenters. The SMILES string of the molecule is Cc1c(N)cccc1-c1ccc(C(=O)N2C[C@@H](C)O[C@@H](C)C2)o1. The average Bonchev–Trinajstić information content (AvgIpc) is 2.98. The van der Waals surface area contributed by atoms with Crippen LogP contribution >= 0.6 is 0 Å². The molecule has 0 unspecified atom stereocenters. The Hall–Kier alpha value is -2.27. The van der Waals surface area contributed by atoms with E-state index in [4.69, 9.17) is 14.9 Å². The van der Waals surface area contributed by atoms with E-state index in [1.165, 1.54) is 0 Å². The summed E-state index contributed by atoms with van der Waals surface area (Å²) in [5, 5.41) is 0. The maximum absolute atomic E-state index is 12.6. The van der Waals surface area contributed by atoms with E-state index < -0.39 is 0 Å². The first-order valence-electron chi connectivity index (χ1n) is 7.85. The van der Waals surface area contributed by atoms with Gasteiger partial charge in [0.05, 0.1) is 12.2 Å². The monoisotopic (exact) mass is 314 g/mol. The number of furan rings is 1. The van der Waals surface area contributed by atoms with Crippen molar-refractivity contribution in [1.29, 1.82) is 0 Å². The van der Waals surface area contributed by atoms with E-state index in [1.807, 2.05) is 45.0 Å². The molecule has 2 heterocycles. The van der Waals surface area contributed by atoms with Crippen molar-refractivity contribution in [3.05, 3.63) is 41.7 Å². The highest BCUT2D eigenvalue weighted by Gasteiger charge is 2.28. The number of nitrogens with zero attached hydrogens (tertiary/aromatic N) is 1. The van der Waals surface area contributed by atoms with Crippen LogP contribution in [0.4, 0.5) is 5.69 Å². The second-order valence-corrected chi connectivity index (χ2v) is 6.15. The highest BCUT2D eigenvalue weighted by Crippen LogP contribution is 2.29. The van der Waals surface area contributed by atoms with Gasteiger partial charge in [0.15, 0.2) is 5.76 Å². The number of anilines is 1. The van der Waals surface area contributed by atoms with Gasteiger partial charge in [-0.05, 0) is 44.5 Å². The van der Waals surface area contributed by atoms with Crippen molar-refractivity contribution in [2.45, 2.75) is 33.0 Å². The number of carbonyl (C=O) groups is 1. The fourth-order valence-electron chi connectivity index (χ4n) is 3.02. The molecule has 23 heavy (non-hydrogen) atoms. The molecule has 1 aliphatic rings. The lowest BCUT2D eigenvalue weighted by molar-refractivity contribution is -0.0592. The average molecular weight is 314 g/mol. The normalized spacial score (nSPS) is 21.4. The molecule has 122 valence electrons. The van der Waals surface area contributed by atoms with Gasteiger partial charge < -0.3 is 19.8 Å². The molecule has 0 radical (unpaired) electrons. The number of nitrogen functional groups attached to an aromatic ring is 1. The quantitative estimate of drug-likeness (QED) is 0.865. The second kappa shape index (κ2) is 6.08. The van der Waals surface area contributed by atoms with Crippen LogP contribution in [-0.4, -0.2) is 36.1 Å². The van der Waals surface area contributed by atoms with Crippen molar-refractivity contribution in [2.75, 3.05) is 18.8 Å². The molecule has 3 rings (SSSR count). The summed E-state index contributed by atoms with van der Waals surface area (Å²) in [6.07, 6.45) is 0.0709. The second-order valence-electron chi connectivity index (χ2n) is 6.15. The summed E-state index contributed by atoms with van der Waals surface area (Å²) in [4.78, 5) is 14.4. The topological polar surface area (TPSA) is 68.7 Å². The van der Waals surface area contributed by atoms with Crippen molar-refractivity contribution in [2.24, 2.45) is 0 Å². The number of hydrogen-bond acceptors (Lipinski definition) is 4. The van der Waals surface area contributed by atoms with Gasteiger partial charge >= 0.3 is 0 Å². The van der Waals surface area contributed by atoms with Crippen LogP contribution in [0.2, 0.25) is 0 Å². The van der Waals surface area contributed by atoms with Gasteiger partial charge in [-0.25, -0.2) is 0 Å². The molecule has 1 fully saturated rings. The molecule has 5 heteroatoms. The van der Waals surface area contributed by atoms with Gasteiger partial charge in [-0.15, -0.1) is 0 Å². The first-order valence-corrected chi connectivity index (χ1v) is 7.85. The zero-order chi connectivity index (χ0) is 16.6. The summed E-state index contributed by atoms with van der Waals surface area (Å²) in [6, 6.07) is 9.22. The van der Waals surface area contributed by atoms with Gasteiger partial charge in [-0.1, -0.05) is 12.1 Å². The zero-order valence-electron chi connectivity index (χ0n) is 13.7. The van der Waals surface area contributed by atoms with Crippen LogP contribution in [0.15, 0.2) is 34.7 Å². The van der Waals surface area contributed by atoms with E-state index in [2.05, 4.69) is 0 Å². The van der Waals surface area contributed by atoms with Crippen molar-refractivity contribution >= 4 is 11.6 Å². The number of nitrogens with two attached hydrogens (primary N) is 1. The molecule has 2 aromatic rings. The van der Waals surface area contributed by atoms with Crippen molar-refractivity contribution in [1.82, 2.24) is 4.90 Å². The predicted molar refractivity (Wildman–Crippen MR) is 89.2 cm³/mol. The van der Waals surface area contributed by atoms with Crippen LogP contribution in [0.25, 0.3) is 11.3 Å². The molecule has 1 aliphatic heterocycles. The fraction of sp³-hybridized carbons (Fsp3) is 0.389. The molecule has 0 spiro atoms. The minimum atomic E-state index is -0.0974. The summed E-state index contributed by atoms with van der Waals surface area (Å²) < 4.78 is 11.5. The minimum absolute atomic E-state index is 0.0355. The highest BCUT2D eigenvalue weighted by molar-refractivity contribution is 5.92. The van der Waals surface area contributed by atoms with Gasteiger partial charge in [0.1, 0.15) is 5.76 Å². The Balaban J connectivity index is 1.84. The van der Waals surface area contributed by atoms with Crippen LogP contribution < -0.4 is 5.73 Å². The summed E-state index contributed by atoms with van der Waals surface area (Å²) in [5.41, 5.74) is 8.52. The Morgan fingerprint density at radius 2 is 1.87 bits per heavy atom. The van der Waals surface area contributed by atoms with E-state index in [0.717, 1.165) is 11.1 Å². The summed E-state index contributed by atoms with van der Waals surface area (Å²) in [6.45, 7) is 7.05. The van der Waals surface area contributed by atoms with Crippen LogP contribution in [0.3, 0.4) is 0 Å². The molecule has 0 bridgehead atoms. The standard InChI is InChI=1S/C18H22N2O3/c1-11-9-20(10-12(2)22-11)18(21)17-8-7-16(23-17)14-5-4-6-15(19)13(14)3/h4-8,11-12H,9-10,19H2,1-3H3/t11-,12+. The van der Waals surface area contributed by atoms with Gasteiger partial charge in [0, 0.05) is 24.3 Å². The number of rotatable bonds is 2. The Bertz CT molecular complexity index is 713. The van der Waals surface area contributed by atoms with E-state index in [-0.39, 0.29) is 18.1 Å². The third-order valence-corrected chi connectivity index (χ3v) is 4.16. The minimum Gasteiger partial charge on any atom is -0.451 e. The maximum atomic E-state index is 12.6. The molecule has 1 amide bonds. The highest BCUT2D eigenvalue weighted by atomic mass is 16.5. The molecule has 0 saturated carbocycles. The first kappa shape index (κ1) is 15.6. The molecule has 2 N–H and O–H groups in total. The maximum Gasteiger partial charge on any atom is 0.289 e. The van der Waals surface area contributed by atoms with Gasteiger partial charge in [-0.2, -0.15) is 0 Å². The van der Waals surface area contributed by atoms with E-state index in [1.54, 1.807) is 11.0 Å². The van der Waals surface area contributed by atoms with E-state index >= 15 is 0 Å². The van der Waals surface area contributed by atoms with E-state index in [9.17, 15) is 4.79 Å². The van der Waals surface area contributed by atoms with Crippen molar-refractivity contribution in [3.8, 4) is 11.3 Å². The third kappa shape index (κ3) is 3.10. The van der Waals surface area contributed by atoms with Crippen LogP contribution in [0, 0.1) is 6.92 Å². The Kier molecular flexibility index (Phi) is 4.13. The summed E-state index contributed by atoms with van der Waals surface area (Å²) in [5.74, 6) is 0.912. The molecule has 1 aromatic heterocycles. The Morgan fingerprint density at radius 3 is 2.57 bits per heavy atom.